The zero-order valence-electron chi connectivity index (χ0n) is 19.2. The average molecular weight is 499 g/mol. The molecule has 178 valence electrons. The van der Waals surface area contributed by atoms with Gasteiger partial charge >= 0.3 is 0 Å². The second-order valence-electron chi connectivity index (χ2n) is 8.90. The van der Waals surface area contributed by atoms with Crippen LogP contribution in [0.4, 0.5) is 16.0 Å². The standard InChI is InChI=1S/C27H20ClFN6O/c1-27(16-6-9-18(36)10-7-16)14-31-25-22(27)24(30)32-26(33-25)23-19-11-8-17(28)12-21(19)35(34-23)13-15-4-2-3-5-20(15)29/h2-12,14,36H,13H2,1H3,(H2,30,32,33). The number of aliphatic imine (C=N–C) groups is 1. The second-order valence-corrected chi connectivity index (χ2v) is 9.33. The van der Waals surface area contributed by atoms with E-state index in [1.54, 1.807) is 53.4 Å². The molecule has 1 aliphatic rings. The number of nitrogen functional groups attached to an aromatic ring is 1. The maximum Gasteiger partial charge on any atom is 0.184 e. The van der Waals surface area contributed by atoms with E-state index in [9.17, 15) is 9.50 Å². The highest BCUT2D eigenvalue weighted by Crippen LogP contribution is 2.44. The summed E-state index contributed by atoms with van der Waals surface area (Å²) in [6, 6.07) is 18.9. The fraction of sp³-hybridized carbons (Fsp3) is 0.111. The summed E-state index contributed by atoms with van der Waals surface area (Å²) in [4.78, 5) is 13.9. The number of aromatic hydroxyl groups is 1. The lowest BCUT2D eigenvalue weighted by Crippen LogP contribution is -2.24. The third kappa shape index (κ3) is 3.49. The molecule has 1 unspecified atom stereocenters. The Morgan fingerprint density at radius 3 is 2.61 bits per heavy atom. The van der Waals surface area contributed by atoms with Crippen molar-refractivity contribution >= 4 is 40.4 Å². The summed E-state index contributed by atoms with van der Waals surface area (Å²) in [7, 11) is 0. The summed E-state index contributed by atoms with van der Waals surface area (Å²) in [5.41, 5.74) is 9.15. The smallest absolute Gasteiger partial charge is 0.184 e. The molecular weight excluding hydrogens is 479 g/mol. The van der Waals surface area contributed by atoms with Crippen LogP contribution in [-0.2, 0) is 12.0 Å². The Balaban J connectivity index is 1.48. The van der Waals surface area contributed by atoms with Crippen molar-refractivity contribution in [1.29, 1.82) is 0 Å². The summed E-state index contributed by atoms with van der Waals surface area (Å²) >= 11 is 6.28. The Hall–Kier alpha value is -4.30. The summed E-state index contributed by atoms with van der Waals surface area (Å²) in [5, 5.41) is 15.7. The van der Waals surface area contributed by atoms with Gasteiger partial charge in [-0.15, -0.1) is 0 Å². The molecule has 1 aliphatic heterocycles. The minimum absolute atomic E-state index is 0.176. The van der Waals surface area contributed by atoms with Crippen molar-refractivity contribution in [3.8, 4) is 17.3 Å². The van der Waals surface area contributed by atoms with Gasteiger partial charge in [-0.25, -0.2) is 19.4 Å². The Kier molecular flexibility index (Phi) is 5.01. The van der Waals surface area contributed by atoms with Crippen molar-refractivity contribution in [3.63, 3.8) is 0 Å². The molecule has 3 aromatic carbocycles. The van der Waals surface area contributed by atoms with E-state index in [1.807, 2.05) is 25.1 Å². The molecule has 0 fully saturated rings. The van der Waals surface area contributed by atoms with Crippen LogP contribution in [0.2, 0.25) is 5.02 Å². The van der Waals surface area contributed by atoms with Crippen molar-refractivity contribution in [2.75, 3.05) is 5.73 Å². The number of hydrogen-bond acceptors (Lipinski definition) is 6. The molecule has 36 heavy (non-hydrogen) atoms. The normalized spacial score (nSPS) is 16.5. The maximum absolute atomic E-state index is 14.4. The van der Waals surface area contributed by atoms with Crippen LogP contribution >= 0.6 is 11.6 Å². The highest BCUT2D eigenvalue weighted by Gasteiger charge is 2.38. The van der Waals surface area contributed by atoms with Crippen molar-refractivity contribution in [2.24, 2.45) is 4.99 Å². The lowest BCUT2D eigenvalue weighted by atomic mass is 9.79. The van der Waals surface area contributed by atoms with E-state index in [4.69, 9.17) is 27.4 Å². The predicted octanol–water partition coefficient (Wildman–Crippen LogP) is 5.64. The number of aromatic nitrogens is 4. The van der Waals surface area contributed by atoms with Gasteiger partial charge in [0.1, 0.15) is 23.1 Å². The number of nitrogens with zero attached hydrogens (tertiary/aromatic N) is 5. The number of hydrogen-bond donors (Lipinski definition) is 2. The van der Waals surface area contributed by atoms with Crippen molar-refractivity contribution < 1.29 is 9.50 Å². The molecule has 0 aliphatic carbocycles. The van der Waals surface area contributed by atoms with E-state index in [-0.39, 0.29) is 23.9 Å². The lowest BCUT2D eigenvalue weighted by molar-refractivity contribution is 0.475. The Labute approximate surface area is 210 Å². The monoisotopic (exact) mass is 498 g/mol. The van der Waals surface area contributed by atoms with Crippen molar-refractivity contribution in [1.82, 2.24) is 19.7 Å². The number of benzene rings is 3. The fourth-order valence-electron chi connectivity index (χ4n) is 4.67. The van der Waals surface area contributed by atoms with E-state index < -0.39 is 5.41 Å². The van der Waals surface area contributed by atoms with Crippen molar-refractivity contribution in [3.05, 3.63) is 94.3 Å². The molecule has 1 atom stereocenters. The first-order chi connectivity index (χ1) is 17.3. The highest BCUT2D eigenvalue weighted by atomic mass is 35.5. The molecule has 0 bridgehead atoms. The van der Waals surface area contributed by atoms with Crippen LogP contribution in [0.1, 0.15) is 23.6 Å². The number of phenols is 1. The van der Waals surface area contributed by atoms with E-state index in [1.165, 1.54) is 6.07 Å². The van der Waals surface area contributed by atoms with Gasteiger partial charge in [-0.1, -0.05) is 41.9 Å². The molecule has 6 rings (SSSR count). The highest BCUT2D eigenvalue weighted by molar-refractivity contribution is 6.31. The van der Waals surface area contributed by atoms with E-state index in [0.717, 1.165) is 16.5 Å². The first-order valence-electron chi connectivity index (χ1n) is 11.3. The topological polar surface area (TPSA) is 102 Å². The molecule has 5 aromatic rings. The molecule has 9 heteroatoms. The Morgan fingerprint density at radius 2 is 1.83 bits per heavy atom. The van der Waals surface area contributed by atoms with Crippen LogP contribution in [0.25, 0.3) is 22.4 Å². The van der Waals surface area contributed by atoms with Crippen LogP contribution in [0.5, 0.6) is 5.75 Å². The summed E-state index contributed by atoms with van der Waals surface area (Å²) in [5.74, 6) is 0.922. The number of phenolic OH excluding ortho intramolecular Hbond substituents is 1. The number of halogens is 2. The minimum atomic E-state index is -0.647. The zero-order valence-corrected chi connectivity index (χ0v) is 19.9. The third-order valence-electron chi connectivity index (χ3n) is 6.55. The van der Waals surface area contributed by atoms with Crippen LogP contribution in [0, 0.1) is 5.82 Å². The molecule has 0 radical (unpaired) electrons. The van der Waals surface area contributed by atoms with Gasteiger partial charge in [0.25, 0.3) is 0 Å². The first-order valence-corrected chi connectivity index (χ1v) is 11.6. The number of fused-ring (bicyclic) bond motifs is 2. The molecular formula is C27H20ClFN6O. The molecule has 2 aromatic heterocycles. The molecule has 0 spiro atoms. The largest absolute Gasteiger partial charge is 0.508 e. The van der Waals surface area contributed by atoms with E-state index in [0.29, 0.717) is 33.5 Å². The average Bonchev–Trinajstić information content (AvgIpc) is 3.39. The summed E-state index contributed by atoms with van der Waals surface area (Å²) < 4.78 is 16.1. The number of nitrogens with two attached hydrogens (primary N) is 1. The predicted molar refractivity (Wildman–Crippen MR) is 138 cm³/mol. The van der Waals surface area contributed by atoms with Crippen LogP contribution in [0.3, 0.4) is 0 Å². The molecule has 0 saturated carbocycles. The molecule has 0 saturated heterocycles. The second kappa shape index (κ2) is 8.13. The van der Waals surface area contributed by atoms with Gasteiger partial charge in [0, 0.05) is 22.2 Å². The van der Waals surface area contributed by atoms with Gasteiger partial charge in [0.2, 0.25) is 0 Å². The van der Waals surface area contributed by atoms with Gasteiger partial charge in [0.15, 0.2) is 11.6 Å². The van der Waals surface area contributed by atoms with Crippen LogP contribution < -0.4 is 5.73 Å². The summed E-state index contributed by atoms with van der Waals surface area (Å²) in [6.45, 7) is 2.19. The van der Waals surface area contributed by atoms with Gasteiger partial charge in [-0.05, 0) is 48.9 Å². The van der Waals surface area contributed by atoms with Crippen molar-refractivity contribution in [2.45, 2.75) is 18.9 Å². The number of rotatable bonds is 4. The SMILES string of the molecule is CC1(c2ccc(O)cc2)C=Nc2nc(-c3nn(Cc4ccccc4F)c4cc(Cl)ccc34)nc(N)c21. The third-order valence-corrected chi connectivity index (χ3v) is 6.79. The molecule has 7 nitrogen and oxygen atoms in total. The zero-order chi connectivity index (χ0) is 25.0. The van der Waals surface area contributed by atoms with E-state index >= 15 is 0 Å². The van der Waals surface area contributed by atoms with Crippen LogP contribution in [0.15, 0.2) is 71.7 Å². The number of anilines is 1. The van der Waals surface area contributed by atoms with Gasteiger partial charge in [-0.3, -0.25) is 4.68 Å². The Morgan fingerprint density at radius 1 is 1.06 bits per heavy atom. The maximum atomic E-state index is 14.4. The molecule has 3 N–H and O–H groups in total. The lowest BCUT2D eigenvalue weighted by Gasteiger charge is -2.23. The molecule has 0 amide bonds. The van der Waals surface area contributed by atoms with Gasteiger partial charge in [-0.2, -0.15) is 5.10 Å². The molecule has 3 heterocycles. The Bertz CT molecular complexity index is 1680. The first kappa shape index (κ1) is 22.2. The van der Waals surface area contributed by atoms with E-state index in [2.05, 4.69) is 9.98 Å². The summed E-state index contributed by atoms with van der Waals surface area (Å²) in [6.07, 6.45) is 1.79. The van der Waals surface area contributed by atoms with Gasteiger partial charge < -0.3 is 10.8 Å². The van der Waals surface area contributed by atoms with Gasteiger partial charge in [0.05, 0.1) is 23.0 Å². The van der Waals surface area contributed by atoms with Crippen LogP contribution in [-0.4, -0.2) is 31.1 Å². The fourth-order valence-corrected chi connectivity index (χ4v) is 4.83. The quantitative estimate of drug-likeness (QED) is 0.333. The minimum Gasteiger partial charge on any atom is -0.508 e.